The summed E-state index contributed by atoms with van der Waals surface area (Å²) in [7, 11) is 0. The molecule has 1 unspecified atom stereocenters. The van der Waals surface area contributed by atoms with Crippen LogP contribution in [-0.2, 0) is 11.2 Å². The molecule has 2 N–H and O–H groups in total. The molecule has 0 bridgehead atoms. The van der Waals surface area contributed by atoms with Crippen LogP contribution in [0.25, 0.3) is 0 Å². The Kier molecular flexibility index (Phi) is 7.31. The first-order valence-electron chi connectivity index (χ1n) is 7.51. The molecule has 1 aromatic carbocycles. The minimum absolute atomic E-state index is 0.111. The third-order valence-corrected chi connectivity index (χ3v) is 3.56. The quantitative estimate of drug-likeness (QED) is 0.679. The second-order valence-electron chi connectivity index (χ2n) is 5.51. The van der Waals surface area contributed by atoms with Gasteiger partial charge in [-0.05, 0) is 37.0 Å². The Hall–Kier alpha value is -1.35. The molecule has 0 aliphatic heterocycles. The molecular formula is C17H26O3. The summed E-state index contributed by atoms with van der Waals surface area (Å²) < 4.78 is 0. The van der Waals surface area contributed by atoms with Gasteiger partial charge < -0.3 is 10.2 Å². The Morgan fingerprint density at radius 3 is 2.70 bits per heavy atom. The summed E-state index contributed by atoms with van der Waals surface area (Å²) in [5, 5.41) is 19.2. The standard InChI is InChI=1S/C17H26O3/c1-3-4-5-6-15(18)12-16(19)9-7-14-8-10-17(20)13(2)11-14/h8,10-11,15,18,20H,3-7,9,12H2,1-2H3. The van der Waals surface area contributed by atoms with Crippen molar-refractivity contribution >= 4 is 5.78 Å². The lowest BCUT2D eigenvalue weighted by molar-refractivity contribution is -0.121. The Morgan fingerprint density at radius 2 is 2.05 bits per heavy atom. The predicted molar refractivity (Wildman–Crippen MR) is 80.9 cm³/mol. The number of aromatic hydroxyl groups is 1. The number of aryl methyl sites for hydroxylation is 2. The van der Waals surface area contributed by atoms with Crippen molar-refractivity contribution in [2.45, 2.75) is 64.9 Å². The number of aliphatic hydroxyl groups excluding tert-OH is 1. The van der Waals surface area contributed by atoms with Gasteiger partial charge in [0.15, 0.2) is 0 Å². The lowest BCUT2D eigenvalue weighted by atomic mass is 10.0. The fourth-order valence-corrected chi connectivity index (χ4v) is 2.25. The number of hydrogen-bond acceptors (Lipinski definition) is 3. The van der Waals surface area contributed by atoms with Crippen LogP contribution in [0.4, 0.5) is 0 Å². The maximum atomic E-state index is 11.8. The van der Waals surface area contributed by atoms with Crippen molar-refractivity contribution in [1.82, 2.24) is 0 Å². The molecule has 1 rings (SSSR count). The number of ketones is 1. The molecule has 0 aliphatic carbocycles. The van der Waals surface area contributed by atoms with Crippen LogP contribution < -0.4 is 0 Å². The minimum atomic E-state index is -0.490. The van der Waals surface area contributed by atoms with E-state index in [1.54, 1.807) is 6.07 Å². The maximum absolute atomic E-state index is 11.8. The number of phenols is 1. The monoisotopic (exact) mass is 278 g/mol. The van der Waals surface area contributed by atoms with Crippen molar-refractivity contribution in [3.63, 3.8) is 0 Å². The van der Waals surface area contributed by atoms with E-state index in [9.17, 15) is 15.0 Å². The van der Waals surface area contributed by atoms with E-state index in [0.29, 0.717) is 12.8 Å². The SMILES string of the molecule is CCCCCC(O)CC(=O)CCc1ccc(O)c(C)c1. The van der Waals surface area contributed by atoms with Crippen LogP contribution in [0.3, 0.4) is 0 Å². The van der Waals surface area contributed by atoms with Crippen LogP contribution in [0.2, 0.25) is 0 Å². The Balaban J connectivity index is 2.30. The molecule has 0 aromatic heterocycles. The third-order valence-electron chi connectivity index (χ3n) is 3.56. The van der Waals surface area contributed by atoms with Gasteiger partial charge in [-0.3, -0.25) is 4.79 Å². The van der Waals surface area contributed by atoms with Crippen molar-refractivity contribution in [2.75, 3.05) is 0 Å². The van der Waals surface area contributed by atoms with E-state index in [1.807, 2.05) is 19.1 Å². The van der Waals surface area contributed by atoms with Gasteiger partial charge in [0.25, 0.3) is 0 Å². The summed E-state index contributed by atoms with van der Waals surface area (Å²) in [6.45, 7) is 3.97. The highest BCUT2D eigenvalue weighted by molar-refractivity contribution is 5.79. The molecule has 0 saturated heterocycles. The fourth-order valence-electron chi connectivity index (χ4n) is 2.25. The molecule has 1 atom stereocenters. The van der Waals surface area contributed by atoms with Gasteiger partial charge in [-0.2, -0.15) is 0 Å². The third kappa shape index (κ3) is 6.20. The fraction of sp³-hybridized carbons (Fsp3) is 0.588. The molecule has 0 spiro atoms. The number of phenolic OH excluding ortho intramolecular Hbond substituents is 1. The highest BCUT2D eigenvalue weighted by Crippen LogP contribution is 2.18. The van der Waals surface area contributed by atoms with E-state index in [0.717, 1.165) is 36.8 Å². The molecule has 0 amide bonds. The number of carbonyl (C=O) groups excluding carboxylic acids is 1. The van der Waals surface area contributed by atoms with E-state index >= 15 is 0 Å². The molecule has 0 fully saturated rings. The van der Waals surface area contributed by atoms with Gasteiger partial charge in [0.05, 0.1) is 6.10 Å². The highest BCUT2D eigenvalue weighted by atomic mass is 16.3. The van der Waals surface area contributed by atoms with Gasteiger partial charge in [-0.15, -0.1) is 0 Å². The number of Topliss-reactive ketones (excluding diaryl/α,β-unsaturated/α-hetero) is 1. The van der Waals surface area contributed by atoms with Crippen molar-refractivity contribution in [1.29, 1.82) is 0 Å². The van der Waals surface area contributed by atoms with E-state index in [1.165, 1.54) is 0 Å². The van der Waals surface area contributed by atoms with E-state index in [-0.39, 0.29) is 18.0 Å². The van der Waals surface area contributed by atoms with Crippen LogP contribution in [0, 0.1) is 6.92 Å². The zero-order valence-corrected chi connectivity index (χ0v) is 12.6. The second-order valence-corrected chi connectivity index (χ2v) is 5.51. The molecule has 3 nitrogen and oxygen atoms in total. The first-order chi connectivity index (χ1) is 9.52. The summed E-state index contributed by atoms with van der Waals surface area (Å²) in [5.41, 5.74) is 1.88. The summed E-state index contributed by atoms with van der Waals surface area (Å²) in [6.07, 6.45) is 4.84. The highest BCUT2D eigenvalue weighted by Gasteiger charge is 2.11. The molecule has 0 aliphatic rings. The van der Waals surface area contributed by atoms with E-state index in [4.69, 9.17) is 0 Å². The van der Waals surface area contributed by atoms with Crippen molar-refractivity contribution < 1.29 is 15.0 Å². The second kappa shape index (κ2) is 8.75. The van der Waals surface area contributed by atoms with Gasteiger partial charge >= 0.3 is 0 Å². The summed E-state index contributed by atoms with van der Waals surface area (Å²) >= 11 is 0. The number of unbranched alkanes of at least 4 members (excludes halogenated alkanes) is 2. The van der Waals surface area contributed by atoms with Gasteiger partial charge in [-0.25, -0.2) is 0 Å². The van der Waals surface area contributed by atoms with Gasteiger partial charge in [-0.1, -0.05) is 38.3 Å². The Bertz CT molecular complexity index is 426. The number of hydrogen-bond donors (Lipinski definition) is 2. The summed E-state index contributed by atoms with van der Waals surface area (Å²) in [6, 6.07) is 5.41. The zero-order valence-electron chi connectivity index (χ0n) is 12.6. The van der Waals surface area contributed by atoms with Crippen LogP contribution in [-0.4, -0.2) is 22.1 Å². The molecule has 1 aromatic rings. The van der Waals surface area contributed by atoms with Crippen LogP contribution in [0.5, 0.6) is 5.75 Å². The number of aliphatic hydroxyl groups is 1. The lowest BCUT2D eigenvalue weighted by Gasteiger charge is -2.09. The van der Waals surface area contributed by atoms with Crippen LogP contribution in [0.1, 0.15) is 56.6 Å². The van der Waals surface area contributed by atoms with Gasteiger partial charge in [0, 0.05) is 12.8 Å². The Morgan fingerprint density at radius 1 is 1.30 bits per heavy atom. The molecule has 0 heterocycles. The lowest BCUT2D eigenvalue weighted by Crippen LogP contribution is -2.13. The van der Waals surface area contributed by atoms with E-state index < -0.39 is 6.10 Å². The molecular weight excluding hydrogens is 252 g/mol. The number of benzene rings is 1. The zero-order chi connectivity index (χ0) is 15.0. The maximum Gasteiger partial charge on any atom is 0.135 e. The predicted octanol–water partition coefficient (Wildman–Crippen LogP) is 3.53. The van der Waals surface area contributed by atoms with E-state index in [2.05, 4.69) is 6.92 Å². The van der Waals surface area contributed by atoms with Crippen LogP contribution >= 0.6 is 0 Å². The largest absolute Gasteiger partial charge is 0.508 e. The molecule has 3 heteroatoms. The minimum Gasteiger partial charge on any atom is -0.508 e. The first-order valence-corrected chi connectivity index (χ1v) is 7.51. The van der Waals surface area contributed by atoms with Crippen molar-refractivity contribution in [2.24, 2.45) is 0 Å². The van der Waals surface area contributed by atoms with Gasteiger partial charge in [0.2, 0.25) is 0 Å². The topological polar surface area (TPSA) is 57.5 Å². The van der Waals surface area contributed by atoms with Gasteiger partial charge in [0.1, 0.15) is 11.5 Å². The first kappa shape index (κ1) is 16.7. The van der Waals surface area contributed by atoms with Crippen molar-refractivity contribution in [3.8, 4) is 5.75 Å². The summed E-state index contributed by atoms with van der Waals surface area (Å²) in [5.74, 6) is 0.395. The molecule has 20 heavy (non-hydrogen) atoms. The van der Waals surface area contributed by atoms with Crippen LogP contribution in [0.15, 0.2) is 18.2 Å². The number of rotatable bonds is 9. The molecule has 112 valence electrons. The molecule has 0 radical (unpaired) electrons. The smallest absolute Gasteiger partial charge is 0.135 e. The average Bonchev–Trinajstić information content (AvgIpc) is 2.40. The average molecular weight is 278 g/mol. The normalized spacial score (nSPS) is 12.3. The summed E-state index contributed by atoms with van der Waals surface area (Å²) in [4.78, 5) is 11.8. The van der Waals surface area contributed by atoms with Crippen molar-refractivity contribution in [3.05, 3.63) is 29.3 Å². The molecule has 0 saturated carbocycles. The number of carbonyl (C=O) groups is 1. The Labute approximate surface area is 121 Å².